The first-order chi connectivity index (χ1) is 26.6. The van der Waals surface area contributed by atoms with Crippen LogP contribution in [0.15, 0.2) is 83.1 Å². The van der Waals surface area contributed by atoms with Gasteiger partial charge in [0.25, 0.3) is 21.8 Å². The lowest BCUT2D eigenvalue weighted by Crippen LogP contribution is -2.25. The Labute approximate surface area is 323 Å². The molecule has 4 aromatic carbocycles. The number of carbonyl (C=O) groups is 2. The summed E-state index contributed by atoms with van der Waals surface area (Å²) in [5, 5.41) is 44.1. The summed E-state index contributed by atoms with van der Waals surface area (Å²) in [5.41, 5.74) is 0.307. The summed E-state index contributed by atoms with van der Waals surface area (Å²) < 4.78 is 71.7. The second-order valence-electron chi connectivity index (χ2n) is 12.1. The van der Waals surface area contributed by atoms with Gasteiger partial charge in [-0.3, -0.25) is 9.59 Å². The Kier molecular flexibility index (Phi) is 13.6. The van der Waals surface area contributed by atoms with Crippen LogP contribution in [-0.4, -0.2) is 78.1 Å². The molecule has 0 fully saturated rings. The molecule has 20 heteroatoms. The summed E-state index contributed by atoms with van der Waals surface area (Å²) in [6.45, 7) is 0.714. The van der Waals surface area contributed by atoms with Gasteiger partial charge in [-0.1, -0.05) is 6.07 Å². The lowest BCUT2D eigenvalue weighted by molar-refractivity contribution is 0.0943. The van der Waals surface area contributed by atoms with Gasteiger partial charge >= 0.3 is 7.60 Å². The number of nitrogens with one attached hydrogen (secondary N) is 3. The SMILES string of the molecule is O=C(NCCCCOc1cc2cc(S(=O)(=O)NCP(=O)(O)Oc3cccc(F)c3)sc2cc1OCCCNC(=O)c1ccc(O)c(O)c1)c1ccc(O)c(O)c1. The van der Waals surface area contributed by atoms with E-state index in [0.717, 1.165) is 35.6 Å². The molecule has 56 heavy (non-hydrogen) atoms. The van der Waals surface area contributed by atoms with E-state index >= 15 is 0 Å². The van der Waals surface area contributed by atoms with Crippen molar-refractivity contribution in [2.24, 2.45) is 0 Å². The number of fused-ring (bicyclic) bond motifs is 1. The average Bonchev–Trinajstić information content (AvgIpc) is 3.58. The van der Waals surface area contributed by atoms with Crippen LogP contribution in [0.5, 0.6) is 40.2 Å². The fourth-order valence-electron chi connectivity index (χ4n) is 4.94. The third kappa shape index (κ3) is 11.5. The Balaban J connectivity index is 1.22. The smallest absolute Gasteiger partial charge is 0.391 e. The van der Waals surface area contributed by atoms with Gasteiger partial charge in [0, 0.05) is 41.0 Å². The number of sulfonamides is 1. The molecule has 1 heterocycles. The fourth-order valence-corrected chi connectivity index (χ4v) is 8.89. The second kappa shape index (κ2) is 18.4. The van der Waals surface area contributed by atoms with E-state index in [0.29, 0.717) is 29.3 Å². The monoisotopic (exact) mass is 833 g/mol. The molecule has 0 aliphatic rings. The number of hydrogen-bond donors (Lipinski definition) is 8. The Bertz CT molecular complexity index is 2380. The van der Waals surface area contributed by atoms with Gasteiger partial charge in [-0.2, -0.15) is 4.72 Å². The molecule has 1 aromatic heterocycles. The van der Waals surface area contributed by atoms with Crippen LogP contribution in [-0.2, 0) is 14.6 Å². The predicted molar refractivity (Wildman–Crippen MR) is 203 cm³/mol. The van der Waals surface area contributed by atoms with Crippen LogP contribution < -0.4 is 29.4 Å². The number of aromatic hydroxyl groups is 4. The van der Waals surface area contributed by atoms with Gasteiger partial charge in [0.1, 0.15) is 22.1 Å². The number of benzene rings is 4. The van der Waals surface area contributed by atoms with Gasteiger partial charge in [-0.15, -0.1) is 11.3 Å². The highest BCUT2D eigenvalue weighted by Crippen LogP contribution is 2.43. The van der Waals surface area contributed by atoms with Crippen molar-refractivity contribution in [3.8, 4) is 40.2 Å². The Hall–Kier alpha value is -5.59. The summed E-state index contributed by atoms with van der Waals surface area (Å²) in [6, 6.07) is 16.4. The number of carbonyl (C=O) groups excluding carboxylic acids is 2. The lowest BCUT2D eigenvalue weighted by Gasteiger charge is -2.14. The molecule has 1 unspecified atom stereocenters. The van der Waals surface area contributed by atoms with E-state index in [1.807, 2.05) is 0 Å². The van der Waals surface area contributed by atoms with Crippen molar-refractivity contribution in [1.82, 2.24) is 15.4 Å². The molecule has 0 bridgehead atoms. The number of rotatable bonds is 19. The zero-order chi connectivity index (χ0) is 40.5. The van der Waals surface area contributed by atoms with Gasteiger partial charge < -0.3 is 50.0 Å². The summed E-state index contributed by atoms with van der Waals surface area (Å²) in [5.74, 6) is -2.94. The minimum absolute atomic E-state index is 0.0943. The van der Waals surface area contributed by atoms with Gasteiger partial charge in [0.15, 0.2) is 34.5 Å². The summed E-state index contributed by atoms with van der Waals surface area (Å²) >= 11 is 0.856. The zero-order valence-electron chi connectivity index (χ0n) is 29.3. The van der Waals surface area contributed by atoms with E-state index in [1.54, 1.807) is 12.1 Å². The molecule has 5 rings (SSSR count). The first-order valence-corrected chi connectivity index (χ1v) is 20.9. The Morgan fingerprint density at radius 2 is 1.32 bits per heavy atom. The molecule has 5 aromatic rings. The molecular weight excluding hydrogens is 797 g/mol. The molecule has 1 atom stereocenters. The van der Waals surface area contributed by atoms with Crippen molar-refractivity contribution in [2.45, 2.75) is 23.5 Å². The second-order valence-corrected chi connectivity index (χ2v) is 16.9. The molecule has 0 radical (unpaired) electrons. The van der Waals surface area contributed by atoms with Gasteiger partial charge in [0.05, 0.1) is 13.2 Å². The molecule has 0 aliphatic heterocycles. The number of thiophene rings is 1. The van der Waals surface area contributed by atoms with Crippen molar-refractivity contribution >= 4 is 50.9 Å². The van der Waals surface area contributed by atoms with Crippen LogP contribution in [0.2, 0.25) is 0 Å². The third-order valence-corrected chi connectivity index (χ3v) is 12.0. The molecule has 2 amide bonds. The average molecular weight is 834 g/mol. The number of unbranched alkanes of at least 4 members (excludes halogenated alkanes) is 1. The van der Waals surface area contributed by atoms with Gasteiger partial charge in [-0.05, 0) is 85.3 Å². The largest absolute Gasteiger partial charge is 0.504 e. The molecule has 0 aliphatic carbocycles. The first kappa shape index (κ1) is 41.6. The van der Waals surface area contributed by atoms with Gasteiger partial charge in [-0.25, -0.2) is 17.4 Å². The quantitative estimate of drug-likeness (QED) is 0.0305. The van der Waals surface area contributed by atoms with E-state index in [-0.39, 0.29) is 70.4 Å². The van der Waals surface area contributed by atoms with Crippen LogP contribution in [0.4, 0.5) is 4.39 Å². The van der Waals surface area contributed by atoms with Crippen LogP contribution in [0.25, 0.3) is 10.1 Å². The van der Waals surface area contributed by atoms with E-state index < -0.39 is 53.0 Å². The normalized spacial score (nSPS) is 12.5. The molecule has 16 nitrogen and oxygen atoms in total. The topological polar surface area (TPSA) is 250 Å². The maximum Gasteiger partial charge on any atom is 0.391 e. The van der Waals surface area contributed by atoms with Crippen molar-refractivity contribution in [3.05, 3.63) is 95.8 Å². The summed E-state index contributed by atoms with van der Waals surface area (Å²) in [4.78, 5) is 35.0. The molecule has 8 N–H and O–H groups in total. The van der Waals surface area contributed by atoms with Gasteiger partial charge in [0.2, 0.25) is 0 Å². The Morgan fingerprint density at radius 1 is 0.732 bits per heavy atom. The predicted octanol–water partition coefficient (Wildman–Crippen LogP) is 5.15. The van der Waals surface area contributed by atoms with E-state index in [1.165, 1.54) is 42.5 Å². The van der Waals surface area contributed by atoms with Crippen molar-refractivity contribution in [1.29, 1.82) is 0 Å². The first-order valence-electron chi connectivity index (χ1n) is 16.8. The molecule has 0 saturated carbocycles. The van der Waals surface area contributed by atoms with Crippen LogP contribution >= 0.6 is 18.9 Å². The van der Waals surface area contributed by atoms with Crippen LogP contribution in [0.3, 0.4) is 0 Å². The highest BCUT2D eigenvalue weighted by molar-refractivity contribution is 7.92. The highest BCUT2D eigenvalue weighted by Gasteiger charge is 2.27. The molecule has 0 saturated heterocycles. The van der Waals surface area contributed by atoms with Crippen LogP contribution in [0.1, 0.15) is 40.0 Å². The molecule has 298 valence electrons. The third-order valence-electron chi connectivity index (χ3n) is 7.78. The van der Waals surface area contributed by atoms with E-state index in [4.69, 9.17) is 14.0 Å². The Morgan fingerprint density at radius 3 is 1.93 bits per heavy atom. The minimum Gasteiger partial charge on any atom is -0.504 e. The number of hydrogen-bond acceptors (Lipinski definition) is 13. The maximum atomic E-state index is 13.5. The van der Waals surface area contributed by atoms with Crippen molar-refractivity contribution in [3.63, 3.8) is 0 Å². The summed E-state index contributed by atoms with van der Waals surface area (Å²) in [6.07, 6.45) is 0.310. The number of phenols is 4. The number of halogens is 1. The number of phenolic OH excluding ortho intramolecular Hbond substituents is 4. The number of amides is 2. The van der Waals surface area contributed by atoms with Crippen molar-refractivity contribution < 1.29 is 66.3 Å². The van der Waals surface area contributed by atoms with Crippen LogP contribution in [0, 0.1) is 5.82 Å². The molecular formula is C36H37FN3O13PS2. The highest BCUT2D eigenvalue weighted by atomic mass is 32.2. The van der Waals surface area contributed by atoms with Crippen molar-refractivity contribution in [2.75, 3.05) is 32.6 Å². The summed E-state index contributed by atoms with van der Waals surface area (Å²) in [7, 11) is -8.91. The fraction of sp³-hybridized carbons (Fsp3) is 0.222. The number of ether oxygens (including phenoxy) is 2. The van der Waals surface area contributed by atoms with E-state index in [2.05, 4.69) is 15.4 Å². The lowest BCUT2D eigenvalue weighted by atomic mass is 10.2. The maximum absolute atomic E-state index is 13.5. The minimum atomic E-state index is -4.58. The zero-order valence-corrected chi connectivity index (χ0v) is 31.8. The van der Waals surface area contributed by atoms with E-state index in [9.17, 15) is 52.3 Å². The molecule has 0 spiro atoms. The standard InChI is InChI=1S/C36H37FN3O13PS2/c37-25-5-3-6-26(19-25)53-54(47,48)21-40-56(49,50)34-18-24-17-31(51-13-2-1-11-38-35(45)22-7-9-27(41)29(43)15-22)32(20-33(24)55-34)52-14-4-12-39-36(46)23-8-10-28(42)30(44)16-23/h3,5-10,15-20,40-44H,1-2,4,11-14,21H2,(H,38,45)(H,39,46)(H,47,48).